The minimum Gasteiger partial charge on any atom is -0.379 e. The molecule has 1 aliphatic heterocycles. The third-order valence-corrected chi connectivity index (χ3v) is 4.43. The smallest absolute Gasteiger partial charge is 0.268 e. The van der Waals surface area contributed by atoms with E-state index in [4.69, 9.17) is 4.74 Å². The van der Waals surface area contributed by atoms with Crippen molar-refractivity contribution in [3.63, 3.8) is 0 Å². The normalized spacial score (nSPS) is 15.9. The molecule has 0 aliphatic carbocycles. The predicted octanol–water partition coefficient (Wildman–Crippen LogP) is 1.92. The van der Waals surface area contributed by atoms with E-state index in [1.807, 2.05) is 12.1 Å². The Balaban J connectivity index is 1.83. The Labute approximate surface area is 133 Å². The van der Waals surface area contributed by atoms with Crippen molar-refractivity contribution in [2.24, 2.45) is 0 Å². The fourth-order valence-corrected chi connectivity index (χ4v) is 2.81. The van der Waals surface area contributed by atoms with Crippen LogP contribution in [0.15, 0.2) is 46.1 Å². The molecule has 1 aromatic carbocycles. The van der Waals surface area contributed by atoms with Gasteiger partial charge in [-0.05, 0) is 24.5 Å². The van der Waals surface area contributed by atoms with Gasteiger partial charge in [0.2, 0.25) is 0 Å². The maximum atomic E-state index is 12.0. The maximum Gasteiger partial charge on any atom is 0.268 e. The molecule has 22 heavy (non-hydrogen) atoms. The quantitative estimate of drug-likeness (QED) is 0.806. The third kappa shape index (κ3) is 3.58. The summed E-state index contributed by atoms with van der Waals surface area (Å²) in [6, 6.07) is 11.6. The van der Waals surface area contributed by atoms with Crippen LogP contribution < -0.4 is 5.56 Å². The lowest BCUT2D eigenvalue weighted by molar-refractivity contribution is 0.0205. The molecule has 116 valence electrons. The number of hydrogen-bond donors (Lipinski definition) is 0. The van der Waals surface area contributed by atoms with E-state index in [-0.39, 0.29) is 5.56 Å². The van der Waals surface area contributed by atoms with Crippen molar-refractivity contribution in [3.05, 3.63) is 46.8 Å². The number of ether oxygens (including phenoxy) is 1. The van der Waals surface area contributed by atoms with Crippen molar-refractivity contribution >= 4 is 11.8 Å². The molecule has 0 saturated carbocycles. The highest BCUT2D eigenvalue weighted by Crippen LogP contribution is 2.20. The highest BCUT2D eigenvalue weighted by atomic mass is 32.2. The Morgan fingerprint density at radius 3 is 2.55 bits per heavy atom. The number of rotatable bonds is 4. The molecule has 1 saturated heterocycles. The second-order valence-electron chi connectivity index (χ2n) is 5.16. The lowest BCUT2D eigenvalue weighted by atomic mass is 10.1. The first-order valence-corrected chi connectivity index (χ1v) is 8.51. The van der Waals surface area contributed by atoms with Gasteiger partial charge in [-0.25, -0.2) is 4.68 Å². The lowest BCUT2D eigenvalue weighted by Crippen LogP contribution is -2.40. The van der Waals surface area contributed by atoms with Crippen molar-refractivity contribution in [2.75, 3.05) is 32.6 Å². The standard InChI is InChI=1S/C16H19N3O2S/c1-22-14-4-2-13(3-5-14)15-6-7-16(20)19(17-15)12-18-8-10-21-11-9-18/h2-7H,8-12H2,1H3. The maximum absolute atomic E-state index is 12.0. The molecule has 0 bridgehead atoms. The first kappa shape index (κ1) is 15.3. The minimum absolute atomic E-state index is 0.0732. The Bertz CT molecular complexity index is 679. The van der Waals surface area contributed by atoms with Crippen molar-refractivity contribution in [3.8, 4) is 11.3 Å². The van der Waals surface area contributed by atoms with Gasteiger partial charge in [0.15, 0.2) is 0 Å². The molecule has 1 fully saturated rings. The molecule has 0 spiro atoms. The fourth-order valence-electron chi connectivity index (χ4n) is 2.40. The molecule has 2 heterocycles. The van der Waals surface area contributed by atoms with Crippen LogP contribution in [0, 0.1) is 0 Å². The summed E-state index contributed by atoms with van der Waals surface area (Å²) in [4.78, 5) is 15.4. The molecule has 0 amide bonds. The van der Waals surface area contributed by atoms with Gasteiger partial charge in [-0.3, -0.25) is 9.69 Å². The summed E-state index contributed by atoms with van der Waals surface area (Å²) < 4.78 is 6.86. The zero-order valence-corrected chi connectivity index (χ0v) is 13.4. The highest BCUT2D eigenvalue weighted by Gasteiger charge is 2.12. The molecular formula is C16H19N3O2S. The average molecular weight is 317 g/mol. The molecule has 5 nitrogen and oxygen atoms in total. The van der Waals surface area contributed by atoms with E-state index in [0.717, 1.165) is 24.3 Å². The molecule has 0 unspecified atom stereocenters. The largest absolute Gasteiger partial charge is 0.379 e. The average Bonchev–Trinajstić information content (AvgIpc) is 2.58. The summed E-state index contributed by atoms with van der Waals surface area (Å²) in [6.45, 7) is 3.61. The van der Waals surface area contributed by atoms with Crippen molar-refractivity contribution in [1.82, 2.24) is 14.7 Å². The number of benzene rings is 1. The lowest BCUT2D eigenvalue weighted by Gasteiger charge is -2.26. The summed E-state index contributed by atoms with van der Waals surface area (Å²) >= 11 is 1.71. The third-order valence-electron chi connectivity index (χ3n) is 3.69. The van der Waals surface area contributed by atoms with Crippen LogP contribution in [0.25, 0.3) is 11.3 Å². The van der Waals surface area contributed by atoms with Gasteiger partial charge in [0, 0.05) is 29.6 Å². The monoisotopic (exact) mass is 317 g/mol. The summed E-state index contributed by atoms with van der Waals surface area (Å²) in [5.74, 6) is 0. The summed E-state index contributed by atoms with van der Waals surface area (Å²) in [5.41, 5.74) is 1.77. The van der Waals surface area contributed by atoms with E-state index in [9.17, 15) is 4.79 Å². The van der Waals surface area contributed by atoms with E-state index < -0.39 is 0 Å². The van der Waals surface area contributed by atoms with Gasteiger partial charge in [-0.1, -0.05) is 12.1 Å². The number of morpholine rings is 1. The van der Waals surface area contributed by atoms with Crippen molar-refractivity contribution in [2.45, 2.75) is 11.6 Å². The number of hydrogen-bond acceptors (Lipinski definition) is 5. The Hall–Kier alpha value is -1.63. The van der Waals surface area contributed by atoms with Crippen LogP contribution in [0.2, 0.25) is 0 Å². The fraction of sp³-hybridized carbons (Fsp3) is 0.375. The SMILES string of the molecule is CSc1ccc(-c2ccc(=O)n(CN3CCOCC3)n2)cc1. The van der Waals surface area contributed by atoms with Gasteiger partial charge in [-0.2, -0.15) is 5.10 Å². The van der Waals surface area contributed by atoms with Crippen LogP contribution in [0.5, 0.6) is 0 Å². The molecule has 0 radical (unpaired) electrons. The molecule has 1 aliphatic rings. The topological polar surface area (TPSA) is 47.4 Å². The second kappa shape index (κ2) is 7.09. The van der Waals surface area contributed by atoms with Gasteiger partial charge in [0.1, 0.15) is 0 Å². The van der Waals surface area contributed by atoms with Gasteiger partial charge >= 0.3 is 0 Å². The van der Waals surface area contributed by atoms with Gasteiger partial charge in [0.25, 0.3) is 5.56 Å². The molecule has 2 aromatic rings. The highest BCUT2D eigenvalue weighted by molar-refractivity contribution is 7.98. The predicted molar refractivity (Wildman–Crippen MR) is 88.1 cm³/mol. The zero-order valence-electron chi connectivity index (χ0n) is 12.6. The zero-order chi connectivity index (χ0) is 15.4. The first-order chi connectivity index (χ1) is 10.8. The molecule has 3 rings (SSSR count). The Kier molecular flexibility index (Phi) is 4.92. The van der Waals surface area contributed by atoms with Crippen molar-refractivity contribution < 1.29 is 4.74 Å². The van der Waals surface area contributed by atoms with Crippen molar-refractivity contribution in [1.29, 1.82) is 0 Å². The van der Waals surface area contributed by atoms with E-state index >= 15 is 0 Å². The number of aromatic nitrogens is 2. The molecule has 6 heteroatoms. The first-order valence-electron chi connectivity index (χ1n) is 7.29. The van der Waals surface area contributed by atoms with Crippen LogP contribution in [0.4, 0.5) is 0 Å². The van der Waals surface area contributed by atoms with Gasteiger partial charge < -0.3 is 4.74 Å². The second-order valence-corrected chi connectivity index (χ2v) is 6.04. The molecule has 1 aromatic heterocycles. The summed E-state index contributed by atoms with van der Waals surface area (Å²) in [5, 5.41) is 4.51. The Morgan fingerprint density at radius 2 is 1.86 bits per heavy atom. The molecule has 0 atom stereocenters. The van der Waals surface area contributed by atoms with Crippen LogP contribution >= 0.6 is 11.8 Å². The van der Waals surface area contributed by atoms with E-state index in [1.165, 1.54) is 9.58 Å². The molecule has 0 N–H and O–H groups in total. The summed E-state index contributed by atoms with van der Waals surface area (Å²) in [7, 11) is 0. The van der Waals surface area contributed by atoms with E-state index in [1.54, 1.807) is 23.9 Å². The van der Waals surface area contributed by atoms with E-state index in [0.29, 0.717) is 19.9 Å². The van der Waals surface area contributed by atoms with Crippen LogP contribution in [0.1, 0.15) is 0 Å². The van der Waals surface area contributed by atoms with E-state index in [2.05, 4.69) is 28.4 Å². The van der Waals surface area contributed by atoms with Crippen LogP contribution in [-0.4, -0.2) is 47.2 Å². The summed E-state index contributed by atoms with van der Waals surface area (Å²) in [6.07, 6.45) is 2.05. The van der Waals surface area contributed by atoms with Gasteiger partial charge in [-0.15, -0.1) is 11.8 Å². The van der Waals surface area contributed by atoms with Crippen LogP contribution in [0.3, 0.4) is 0 Å². The minimum atomic E-state index is -0.0732. The van der Waals surface area contributed by atoms with Crippen LogP contribution in [-0.2, 0) is 11.4 Å². The van der Waals surface area contributed by atoms with Gasteiger partial charge in [0.05, 0.1) is 25.6 Å². The molecular weight excluding hydrogens is 298 g/mol. The Morgan fingerprint density at radius 1 is 1.14 bits per heavy atom. The number of nitrogens with zero attached hydrogens (tertiary/aromatic N) is 3. The number of thioether (sulfide) groups is 1.